The van der Waals surface area contributed by atoms with E-state index >= 15 is 0 Å². The molecular weight excluding hydrogens is 428 g/mol. The molecule has 0 aliphatic heterocycles. The summed E-state index contributed by atoms with van der Waals surface area (Å²) in [5.41, 5.74) is 6.56. The van der Waals surface area contributed by atoms with E-state index in [0.717, 1.165) is 44.8 Å². The number of fused-ring (bicyclic) bond motifs is 3. The van der Waals surface area contributed by atoms with Gasteiger partial charge in [0.05, 0.1) is 16.9 Å². The molecule has 2 heterocycles. The van der Waals surface area contributed by atoms with Gasteiger partial charge in [0.25, 0.3) is 0 Å². The summed E-state index contributed by atoms with van der Waals surface area (Å²) in [6.45, 7) is 0. The molecule has 1 N–H and O–H groups in total. The Morgan fingerprint density at radius 3 is 2.00 bits per heavy atom. The number of aromatic nitrogens is 3. The van der Waals surface area contributed by atoms with Crippen LogP contribution in [0.5, 0.6) is 0 Å². The Labute approximate surface area is 196 Å². The minimum Gasteiger partial charge on any atom is -0.325 e. The van der Waals surface area contributed by atoms with Gasteiger partial charge >= 0.3 is 0 Å². The van der Waals surface area contributed by atoms with Crippen molar-refractivity contribution >= 4 is 39.8 Å². The van der Waals surface area contributed by atoms with Gasteiger partial charge in [-0.15, -0.1) is 0 Å². The van der Waals surface area contributed by atoms with Gasteiger partial charge in [0.15, 0.2) is 0 Å². The maximum absolute atomic E-state index is 6.39. The van der Waals surface area contributed by atoms with Crippen molar-refractivity contribution in [2.75, 3.05) is 5.32 Å². The summed E-state index contributed by atoms with van der Waals surface area (Å²) in [4.78, 5) is 10.1. The summed E-state index contributed by atoms with van der Waals surface area (Å²) < 4.78 is 2.10. The molecule has 0 aliphatic carbocycles. The molecule has 0 unspecified atom stereocenters. The van der Waals surface area contributed by atoms with E-state index in [4.69, 9.17) is 21.6 Å². The first kappa shape index (κ1) is 19.5. The van der Waals surface area contributed by atoms with Crippen molar-refractivity contribution < 1.29 is 0 Å². The van der Waals surface area contributed by atoms with Crippen molar-refractivity contribution in [1.29, 1.82) is 0 Å². The smallest absolute Gasteiger partial charge is 0.214 e. The molecule has 4 aromatic carbocycles. The number of hydrogen-bond donors (Lipinski definition) is 1. The first-order valence-electron chi connectivity index (χ1n) is 10.7. The monoisotopic (exact) mass is 446 g/mol. The lowest BCUT2D eigenvalue weighted by atomic mass is 10.1. The number of rotatable bonds is 4. The van der Waals surface area contributed by atoms with E-state index in [1.165, 1.54) is 0 Å². The Bertz CT molecular complexity index is 1580. The predicted octanol–water partition coefficient (Wildman–Crippen LogP) is 7.61. The van der Waals surface area contributed by atoms with Crippen molar-refractivity contribution in [3.63, 3.8) is 0 Å². The average molecular weight is 447 g/mol. The van der Waals surface area contributed by atoms with Crippen LogP contribution in [0.1, 0.15) is 0 Å². The van der Waals surface area contributed by atoms with E-state index in [2.05, 4.69) is 34.0 Å². The highest BCUT2D eigenvalue weighted by atomic mass is 35.5. The third-order valence-electron chi connectivity index (χ3n) is 5.64. The molecule has 0 bridgehead atoms. The van der Waals surface area contributed by atoms with Crippen LogP contribution in [0, 0.1) is 0 Å². The number of hydrogen-bond acceptors (Lipinski definition) is 3. The molecule has 6 rings (SSSR count). The van der Waals surface area contributed by atoms with E-state index in [1.54, 1.807) is 0 Å². The van der Waals surface area contributed by atoms with Crippen LogP contribution in [0.4, 0.5) is 11.6 Å². The topological polar surface area (TPSA) is 42.2 Å². The third-order valence-corrected chi connectivity index (χ3v) is 5.87. The van der Waals surface area contributed by atoms with Crippen molar-refractivity contribution in [3.05, 3.63) is 114 Å². The highest BCUT2D eigenvalue weighted by molar-refractivity contribution is 6.31. The second-order valence-electron chi connectivity index (χ2n) is 7.79. The van der Waals surface area contributed by atoms with Gasteiger partial charge < -0.3 is 5.32 Å². The Morgan fingerprint density at radius 1 is 0.667 bits per heavy atom. The van der Waals surface area contributed by atoms with E-state index in [0.29, 0.717) is 11.0 Å². The molecule has 2 aromatic heterocycles. The van der Waals surface area contributed by atoms with Crippen LogP contribution in [0.2, 0.25) is 5.02 Å². The molecule has 0 atom stereocenters. The Balaban J connectivity index is 1.75. The fraction of sp³-hybridized carbons (Fsp3) is 0. The first-order valence-corrected chi connectivity index (χ1v) is 11.1. The van der Waals surface area contributed by atoms with Crippen molar-refractivity contribution in [1.82, 2.24) is 14.4 Å². The number of nitrogens with one attached hydrogen (secondary N) is 1. The Hall–Kier alpha value is -4.15. The largest absolute Gasteiger partial charge is 0.325 e. The molecule has 5 heteroatoms. The van der Waals surface area contributed by atoms with Crippen molar-refractivity contribution in [2.45, 2.75) is 0 Å². The molecule has 6 aromatic rings. The second-order valence-corrected chi connectivity index (χ2v) is 8.22. The highest BCUT2D eigenvalue weighted by Crippen LogP contribution is 2.37. The van der Waals surface area contributed by atoms with Crippen LogP contribution < -0.4 is 5.32 Å². The summed E-state index contributed by atoms with van der Waals surface area (Å²) in [7, 11) is 0. The van der Waals surface area contributed by atoms with Gasteiger partial charge in [-0.3, -0.25) is 4.40 Å². The molecule has 0 fully saturated rings. The number of benzene rings is 4. The fourth-order valence-electron chi connectivity index (χ4n) is 4.15. The molecule has 33 heavy (non-hydrogen) atoms. The van der Waals surface area contributed by atoms with Crippen LogP contribution in [0.3, 0.4) is 0 Å². The highest BCUT2D eigenvalue weighted by Gasteiger charge is 2.21. The van der Waals surface area contributed by atoms with Crippen LogP contribution in [-0.2, 0) is 0 Å². The standard InChI is InChI=1S/C28H19ClN4/c29-21-16-17-24-23(18-21)27-32-25(19-10-4-1-5-11-19)26(20-12-6-2-7-13-20)33(27)28(31-24)30-22-14-8-3-9-15-22/h1-18H,(H,30,31). The van der Waals surface area contributed by atoms with Gasteiger partial charge in [0, 0.05) is 27.2 Å². The zero-order valence-corrected chi connectivity index (χ0v) is 18.4. The predicted molar refractivity (Wildman–Crippen MR) is 136 cm³/mol. The van der Waals surface area contributed by atoms with Gasteiger partial charge in [-0.25, -0.2) is 9.97 Å². The van der Waals surface area contributed by atoms with E-state index in [1.807, 2.05) is 84.9 Å². The maximum atomic E-state index is 6.39. The van der Waals surface area contributed by atoms with E-state index in [9.17, 15) is 0 Å². The van der Waals surface area contributed by atoms with E-state index in [-0.39, 0.29) is 0 Å². The SMILES string of the molecule is Clc1ccc2nc(Nc3ccccc3)n3c(-c4ccccc4)c(-c4ccccc4)nc3c2c1. The number of anilines is 2. The lowest BCUT2D eigenvalue weighted by Crippen LogP contribution is -2.04. The first-order chi connectivity index (χ1) is 16.3. The number of para-hydroxylation sites is 1. The maximum Gasteiger partial charge on any atom is 0.214 e. The van der Waals surface area contributed by atoms with Gasteiger partial charge in [0.2, 0.25) is 5.95 Å². The number of nitrogens with zero attached hydrogens (tertiary/aromatic N) is 3. The average Bonchev–Trinajstić information content (AvgIpc) is 3.28. The van der Waals surface area contributed by atoms with Gasteiger partial charge in [-0.2, -0.15) is 0 Å². The van der Waals surface area contributed by atoms with Crippen molar-refractivity contribution in [2.24, 2.45) is 0 Å². The third kappa shape index (κ3) is 3.51. The number of imidazole rings is 1. The fourth-order valence-corrected chi connectivity index (χ4v) is 4.32. The van der Waals surface area contributed by atoms with Crippen LogP contribution in [0.25, 0.3) is 39.1 Å². The summed E-state index contributed by atoms with van der Waals surface area (Å²) in [5.74, 6) is 0.694. The minimum absolute atomic E-state index is 0.653. The van der Waals surface area contributed by atoms with Crippen LogP contribution >= 0.6 is 11.6 Å². The lowest BCUT2D eigenvalue weighted by molar-refractivity contribution is 1.13. The summed E-state index contributed by atoms with van der Waals surface area (Å²) in [6.07, 6.45) is 0. The minimum atomic E-state index is 0.653. The molecule has 0 amide bonds. The molecule has 0 saturated heterocycles. The van der Waals surface area contributed by atoms with Gasteiger partial charge in [-0.05, 0) is 30.3 Å². The quantitative estimate of drug-likeness (QED) is 0.303. The molecule has 0 aliphatic rings. The molecule has 0 saturated carbocycles. The molecule has 158 valence electrons. The summed E-state index contributed by atoms with van der Waals surface area (Å²) in [5, 5.41) is 5.06. The van der Waals surface area contributed by atoms with Crippen LogP contribution in [-0.4, -0.2) is 14.4 Å². The molecule has 0 spiro atoms. The van der Waals surface area contributed by atoms with Crippen molar-refractivity contribution in [3.8, 4) is 22.5 Å². The molecule has 4 nitrogen and oxygen atoms in total. The summed E-state index contributed by atoms with van der Waals surface area (Å²) >= 11 is 6.39. The summed E-state index contributed by atoms with van der Waals surface area (Å²) in [6, 6.07) is 36.3. The molecule has 0 radical (unpaired) electrons. The Kier molecular flexibility index (Phi) is 4.78. The second kappa shape index (κ2) is 8.08. The number of halogens is 1. The van der Waals surface area contributed by atoms with Crippen LogP contribution in [0.15, 0.2) is 109 Å². The Morgan fingerprint density at radius 2 is 1.30 bits per heavy atom. The van der Waals surface area contributed by atoms with Gasteiger partial charge in [-0.1, -0.05) is 90.5 Å². The zero-order valence-electron chi connectivity index (χ0n) is 17.6. The normalized spacial score (nSPS) is 11.2. The van der Waals surface area contributed by atoms with Gasteiger partial charge in [0.1, 0.15) is 5.65 Å². The lowest BCUT2D eigenvalue weighted by Gasteiger charge is -2.13. The molecular formula is C28H19ClN4. The zero-order chi connectivity index (χ0) is 22.2. The van der Waals surface area contributed by atoms with E-state index < -0.39 is 0 Å².